The maximum atomic E-state index is 5.88. The van der Waals surface area contributed by atoms with Crippen molar-refractivity contribution in [3.05, 3.63) is 61.1 Å². The summed E-state index contributed by atoms with van der Waals surface area (Å²) < 4.78 is 5.40. The zero-order valence-corrected chi connectivity index (χ0v) is 22.6. The van der Waals surface area contributed by atoms with Crippen molar-refractivity contribution in [2.75, 3.05) is 50.2 Å². The lowest BCUT2D eigenvalue weighted by atomic mass is 10.2. The Morgan fingerprint density at radius 1 is 1.34 bits per heavy atom. The van der Waals surface area contributed by atoms with E-state index in [1.54, 1.807) is 6.21 Å². The van der Waals surface area contributed by atoms with E-state index in [9.17, 15) is 0 Å². The molecule has 1 fully saturated rings. The van der Waals surface area contributed by atoms with Gasteiger partial charge in [-0.1, -0.05) is 12.6 Å². The summed E-state index contributed by atoms with van der Waals surface area (Å²) >= 11 is 0. The first-order valence-electron chi connectivity index (χ1n) is 12.9. The van der Waals surface area contributed by atoms with Crippen LogP contribution in [-0.4, -0.2) is 73.8 Å². The van der Waals surface area contributed by atoms with Gasteiger partial charge >= 0.3 is 0 Å². The summed E-state index contributed by atoms with van der Waals surface area (Å²) in [4.78, 5) is 15.1. The number of hydrazine groups is 1. The molecular weight excluding hydrogens is 480 g/mol. The van der Waals surface area contributed by atoms with Gasteiger partial charge in [0.25, 0.3) is 0 Å². The van der Waals surface area contributed by atoms with Gasteiger partial charge in [-0.25, -0.2) is 15.8 Å². The monoisotopic (exact) mass is 520 g/mol. The number of hydrogen-bond donors (Lipinski definition) is 4. The average molecular weight is 521 g/mol. The molecule has 0 bridgehead atoms. The minimum atomic E-state index is 0.257. The van der Waals surface area contributed by atoms with Gasteiger partial charge in [-0.15, -0.1) is 0 Å². The van der Waals surface area contributed by atoms with Gasteiger partial charge in [0.1, 0.15) is 5.84 Å². The van der Waals surface area contributed by atoms with E-state index < -0.39 is 0 Å². The third kappa shape index (κ3) is 8.94. The Bertz CT molecular complexity index is 1100. The molecule has 11 nitrogen and oxygen atoms in total. The van der Waals surface area contributed by atoms with Crippen molar-refractivity contribution in [1.29, 1.82) is 0 Å². The molecule has 1 unspecified atom stereocenters. The van der Waals surface area contributed by atoms with E-state index in [-0.39, 0.29) is 6.54 Å². The van der Waals surface area contributed by atoms with Crippen LogP contribution in [0.3, 0.4) is 0 Å². The van der Waals surface area contributed by atoms with Crippen molar-refractivity contribution < 1.29 is 4.74 Å². The van der Waals surface area contributed by atoms with E-state index in [1.807, 2.05) is 43.3 Å². The molecule has 0 amide bonds. The molecule has 204 valence electrons. The van der Waals surface area contributed by atoms with Crippen LogP contribution < -0.4 is 26.9 Å². The number of hydrogen-bond acceptors (Lipinski definition) is 8. The first kappa shape index (κ1) is 28.8. The number of rotatable bonds is 12. The first-order valence-corrected chi connectivity index (χ1v) is 12.9. The van der Waals surface area contributed by atoms with Gasteiger partial charge in [0.05, 0.1) is 30.7 Å². The lowest BCUT2D eigenvalue weighted by molar-refractivity contribution is 0.136. The second-order valence-corrected chi connectivity index (χ2v) is 8.74. The molecule has 0 spiro atoms. The highest BCUT2D eigenvalue weighted by atomic mass is 16.5. The topological polar surface area (TPSA) is 128 Å². The molecule has 0 saturated carbocycles. The van der Waals surface area contributed by atoms with Gasteiger partial charge in [0.15, 0.2) is 0 Å². The van der Waals surface area contributed by atoms with Gasteiger partial charge in [-0.2, -0.15) is 10.1 Å². The fourth-order valence-corrected chi connectivity index (χ4v) is 3.84. The molecule has 1 aliphatic heterocycles. The predicted octanol–water partition coefficient (Wildman–Crippen LogP) is 2.87. The van der Waals surface area contributed by atoms with Crippen LogP contribution >= 0.6 is 0 Å². The predicted molar refractivity (Wildman–Crippen MR) is 157 cm³/mol. The fourth-order valence-electron chi connectivity index (χ4n) is 3.84. The van der Waals surface area contributed by atoms with Gasteiger partial charge in [0.2, 0.25) is 5.96 Å². The summed E-state index contributed by atoms with van der Waals surface area (Å²) in [5, 5.41) is 9.89. The molecule has 5 N–H and O–H groups in total. The van der Waals surface area contributed by atoms with Crippen molar-refractivity contribution in [3.8, 4) is 0 Å². The minimum Gasteiger partial charge on any atom is -0.380 e. The summed E-state index contributed by atoms with van der Waals surface area (Å²) in [7, 11) is 1.91. The number of pyridine rings is 1. The number of hydrazone groups is 1. The van der Waals surface area contributed by atoms with Gasteiger partial charge in [-0.05, 0) is 50.6 Å². The summed E-state index contributed by atoms with van der Waals surface area (Å²) in [6.07, 6.45) is 6.63. The maximum Gasteiger partial charge on any atom is 0.245 e. The Kier molecular flexibility index (Phi) is 11.7. The van der Waals surface area contributed by atoms with Crippen LogP contribution in [0.25, 0.3) is 0 Å². The molecular formula is C27H40N10O. The number of likely N-dealkylation sites (N-methyl/N-ethyl adjacent to an activating group) is 1. The standard InChI is InChI=1S/C27H40N10O/c1-5-29-27(34-26(19-28)36(4)16-17-38-6-2)35-31-14-13-22-10-11-24(20-30-22)33-23-8-7-9-25(18-23)37-21(3)12-15-32-37/h5,7-11,14,18,20-21,32-33H,1,6,12-13,15-17,19,28H2,2-4H3,(H,29,35)/b31-14+,34-26+. The molecule has 1 saturated heterocycles. The maximum absolute atomic E-state index is 5.88. The van der Waals surface area contributed by atoms with Crippen molar-refractivity contribution in [2.24, 2.45) is 20.8 Å². The number of nitrogens with zero attached hydrogens (tertiary/aromatic N) is 6. The zero-order chi connectivity index (χ0) is 27.2. The number of anilines is 3. The van der Waals surface area contributed by atoms with Crippen molar-refractivity contribution in [3.63, 3.8) is 0 Å². The number of amidine groups is 1. The lowest BCUT2D eigenvalue weighted by Crippen LogP contribution is -2.37. The molecule has 3 rings (SSSR count). The highest BCUT2D eigenvalue weighted by molar-refractivity contribution is 5.97. The van der Waals surface area contributed by atoms with E-state index >= 15 is 0 Å². The Morgan fingerprint density at radius 3 is 2.89 bits per heavy atom. The van der Waals surface area contributed by atoms with Gasteiger partial charge in [0, 0.05) is 63.0 Å². The van der Waals surface area contributed by atoms with Crippen LogP contribution in [0.5, 0.6) is 0 Å². The summed E-state index contributed by atoms with van der Waals surface area (Å²) in [6.45, 7) is 11.0. The number of aliphatic imine (C=N–C) groups is 2. The van der Waals surface area contributed by atoms with E-state index in [0.29, 0.717) is 44.0 Å². The van der Waals surface area contributed by atoms with Crippen molar-refractivity contribution in [1.82, 2.24) is 20.7 Å². The number of benzene rings is 1. The summed E-state index contributed by atoms with van der Waals surface area (Å²) in [6, 6.07) is 12.8. The number of aromatic nitrogens is 1. The molecule has 2 aromatic rings. The second-order valence-electron chi connectivity index (χ2n) is 8.74. The van der Waals surface area contributed by atoms with E-state index in [2.05, 4.69) is 72.9 Å². The first-order chi connectivity index (χ1) is 18.5. The average Bonchev–Trinajstić information content (AvgIpc) is 3.36. The van der Waals surface area contributed by atoms with Crippen LogP contribution in [0, 0.1) is 0 Å². The Balaban J connectivity index is 1.53. The number of guanidine groups is 1. The zero-order valence-electron chi connectivity index (χ0n) is 22.6. The van der Waals surface area contributed by atoms with Crippen molar-refractivity contribution in [2.45, 2.75) is 32.7 Å². The number of nitrogens with one attached hydrogen (secondary N) is 3. The molecule has 1 aliphatic rings. The molecule has 0 radical (unpaired) electrons. The van der Waals surface area contributed by atoms with Crippen LogP contribution in [0.1, 0.15) is 26.0 Å². The molecule has 1 aromatic carbocycles. The molecule has 0 aliphatic carbocycles. The fraction of sp³-hybridized carbons (Fsp3) is 0.407. The van der Waals surface area contributed by atoms with E-state index in [4.69, 9.17) is 10.5 Å². The van der Waals surface area contributed by atoms with Crippen molar-refractivity contribution >= 4 is 35.1 Å². The molecule has 38 heavy (non-hydrogen) atoms. The highest BCUT2D eigenvalue weighted by Gasteiger charge is 2.20. The van der Waals surface area contributed by atoms with Gasteiger partial charge < -0.3 is 25.7 Å². The molecule has 1 aromatic heterocycles. The van der Waals surface area contributed by atoms with Crippen LogP contribution in [0.2, 0.25) is 0 Å². The number of nitrogens with two attached hydrogens (primary N) is 1. The molecule has 1 atom stereocenters. The minimum absolute atomic E-state index is 0.257. The Morgan fingerprint density at radius 2 is 2.21 bits per heavy atom. The van der Waals surface area contributed by atoms with Crippen LogP contribution in [0.4, 0.5) is 17.1 Å². The van der Waals surface area contributed by atoms with Crippen LogP contribution in [-0.2, 0) is 11.2 Å². The largest absolute Gasteiger partial charge is 0.380 e. The van der Waals surface area contributed by atoms with Crippen LogP contribution in [0.15, 0.2) is 70.5 Å². The SMILES string of the molecule is C=CN=C(/N=C(\CN)N(C)CCOCC)N/N=C/Cc1ccc(Nc2cccc(N3NCCC3C)c2)cn1. The summed E-state index contributed by atoms with van der Waals surface area (Å²) in [5.74, 6) is 0.961. The normalized spacial score (nSPS) is 16.2. The molecule has 2 heterocycles. The lowest BCUT2D eigenvalue weighted by Gasteiger charge is -2.24. The van der Waals surface area contributed by atoms with E-state index in [0.717, 1.165) is 35.7 Å². The highest BCUT2D eigenvalue weighted by Crippen LogP contribution is 2.25. The smallest absolute Gasteiger partial charge is 0.245 e. The van der Waals surface area contributed by atoms with Gasteiger partial charge in [-0.3, -0.25) is 4.98 Å². The Hall–Kier alpha value is -3.80. The number of ether oxygens (including phenoxy) is 1. The quantitative estimate of drug-likeness (QED) is 0.146. The third-order valence-electron chi connectivity index (χ3n) is 5.93. The third-order valence-corrected chi connectivity index (χ3v) is 5.93. The second kappa shape index (κ2) is 15.5. The molecule has 11 heteroatoms. The summed E-state index contributed by atoms with van der Waals surface area (Å²) in [5.41, 5.74) is 16.1. The Labute approximate surface area is 225 Å². The van der Waals surface area contributed by atoms with E-state index in [1.165, 1.54) is 6.20 Å².